The number of hydrogen-bond donors (Lipinski definition) is 2. The molecule has 3 aliphatic heterocycles. The molecule has 1 atom stereocenters. The summed E-state index contributed by atoms with van der Waals surface area (Å²) in [5.41, 5.74) is 1.69. The van der Waals surface area contributed by atoms with Gasteiger partial charge in [-0.25, -0.2) is 0 Å². The number of H-pyrrole nitrogens is 1. The van der Waals surface area contributed by atoms with Gasteiger partial charge >= 0.3 is 0 Å². The molecule has 0 radical (unpaired) electrons. The van der Waals surface area contributed by atoms with Crippen molar-refractivity contribution in [3.05, 3.63) is 29.5 Å². The summed E-state index contributed by atoms with van der Waals surface area (Å²) in [5.74, 6) is 0.415. The van der Waals surface area contributed by atoms with Gasteiger partial charge in [0.2, 0.25) is 0 Å². The third kappa shape index (κ3) is 2.20. The highest BCUT2D eigenvalue weighted by Gasteiger charge is 2.35. The van der Waals surface area contributed by atoms with Crippen LogP contribution in [0.1, 0.15) is 33.7 Å². The van der Waals surface area contributed by atoms with Gasteiger partial charge in [-0.2, -0.15) is 5.10 Å². The van der Waals surface area contributed by atoms with E-state index in [1.807, 2.05) is 0 Å². The van der Waals surface area contributed by atoms with Crippen molar-refractivity contribution in [1.82, 2.24) is 20.4 Å². The summed E-state index contributed by atoms with van der Waals surface area (Å²) >= 11 is 0. The Morgan fingerprint density at radius 3 is 2.86 bits per heavy atom. The van der Waals surface area contributed by atoms with Gasteiger partial charge in [-0.1, -0.05) is 0 Å². The fourth-order valence-electron chi connectivity index (χ4n) is 3.64. The van der Waals surface area contributed by atoms with Crippen LogP contribution in [-0.4, -0.2) is 53.0 Å². The Balaban J connectivity index is 1.59. The van der Waals surface area contributed by atoms with E-state index in [1.165, 1.54) is 0 Å². The molecule has 3 fully saturated rings. The molecule has 2 bridgehead atoms. The Labute approximate surface area is 127 Å². The summed E-state index contributed by atoms with van der Waals surface area (Å²) in [5, 5.41) is 10.8. The Morgan fingerprint density at radius 1 is 1.36 bits per heavy atom. The summed E-state index contributed by atoms with van der Waals surface area (Å²) in [7, 11) is 0. The maximum atomic E-state index is 12.6. The SMILES string of the molecule is O=Cc1ccc2[nH]nc(C(=O)N[C@@H]3CN4CCC3CC4)c2c1. The molecule has 5 rings (SSSR count). The van der Waals surface area contributed by atoms with Crippen LogP contribution in [0.5, 0.6) is 0 Å². The minimum Gasteiger partial charge on any atom is -0.346 e. The van der Waals surface area contributed by atoms with Crippen molar-refractivity contribution in [3.63, 3.8) is 0 Å². The van der Waals surface area contributed by atoms with E-state index in [2.05, 4.69) is 20.4 Å². The first-order valence-corrected chi connectivity index (χ1v) is 7.71. The number of benzene rings is 1. The normalized spacial score (nSPS) is 27.0. The lowest BCUT2D eigenvalue weighted by molar-refractivity contribution is 0.0618. The van der Waals surface area contributed by atoms with Crippen molar-refractivity contribution in [2.24, 2.45) is 5.92 Å². The molecule has 0 unspecified atom stereocenters. The van der Waals surface area contributed by atoms with Crippen molar-refractivity contribution >= 4 is 23.1 Å². The number of amides is 1. The fraction of sp³-hybridized carbons (Fsp3) is 0.438. The number of aldehydes is 1. The van der Waals surface area contributed by atoms with E-state index in [1.54, 1.807) is 18.2 Å². The highest BCUT2D eigenvalue weighted by atomic mass is 16.2. The molecule has 1 amide bonds. The number of hydrogen-bond acceptors (Lipinski definition) is 4. The van der Waals surface area contributed by atoms with Crippen LogP contribution in [0.15, 0.2) is 18.2 Å². The zero-order valence-electron chi connectivity index (χ0n) is 12.2. The Kier molecular flexibility index (Phi) is 3.18. The predicted octanol–water partition coefficient (Wildman–Crippen LogP) is 1.20. The molecule has 6 heteroatoms. The Morgan fingerprint density at radius 2 is 2.18 bits per heavy atom. The molecule has 6 nitrogen and oxygen atoms in total. The van der Waals surface area contributed by atoms with Gasteiger partial charge in [-0.05, 0) is 50.0 Å². The van der Waals surface area contributed by atoms with Crippen LogP contribution >= 0.6 is 0 Å². The zero-order valence-corrected chi connectivity index (χ0v) is 12.2. The van der Waals surface area contributed by atoms with E-state index >= 15 is 0 Å². The summed E-state index contributed by atoms with van der Waals surface area (Å²) in [6.45, 7) is 3.22. The van der Waals surface area contributed by atoms with Crippen molar-refractivity contribution < 1.29 is 9.59 Å². The van der Waals surface area contributed by atoms with Crippen LogP contribution in [0, 0.1) is 5.92 Å². The topological polar surface area (TPSA) is 78.1 Å². The molecular formula is C16H18N4O2. The maximum absolute atomic E-state index is 12.6. The first-order valence-electron chi connectivity index (χ1n) is 7.71. The average molecular weight is 298 g/mol. The second-order valence-corrected chi connectivity index (χ2v) is 6.21. The van der Waals surface area contributed by atoms with Gasteiger partial charge in [0.15, 0.2) is 5.69 Å². The van der Waals surface area contributed by atoms with E-state index in [4.69, 9.17) is 0 Å². The molecule has 3 saturated heterocycles. The van der Waals surface area contributed by atoms with Gasteiger partial charge in [0.25, 0.3) is 5.91 Å². The quantitative estimate of drug-likeness (QED) is 0.835. The van der Waals surface area contributed by atoms with E-state index in [0.717, 1.165) is 44.3 Å². The van der Waals surface area contributed by atoms with Crippen molar-refractivity contribution in [2.45, 2.75) is 18.9 Å². The number of rotatable bonds is 3. The number of aromatic nitrogens is 2. The van der Waals surface area contributed by atoms with Crippen LogP contribution in [-0.2, 0) is 0 Å². The smallest absolute Gasteiger partial charge is 0.272 e. The standard InChI is InChI=1S/C16H18N4O2/c21-9-10-1-2-13-12(7-10)15(19-18-13)16(22)17-14-8-20-5-3-11(14)4-6-20/h1-2,7,9,11,14H,3-6,8H2,(H,17,22)(H,18,19)/t14-/m1/s1. The summed E-state index contributed by atoms with van der Waals surface area (Å²) < 4.78 is 0. The lowest BCUT2D eigenvalue weighted by Crippen LogP contribution is -2.57. The number of fused-ring (bicyclic) bond motifs is 4. The van der Waals surface area contributed by atoms with Crippen LogP contribution < -0.4 is 5.32 Å². The molecule has 0 spiro atoms. The number of carbonyl (C=O) groups is 2. The minimum absolute atomic E-state index is 0.159. The molecule has 2 aromatic rings. The molecular weight excluding hydrogens is 280 g/mol. The van der Waals surface area contributed by atoms with Gasteiger partial charge in [-0.3, -0.25) is 14.7 Å². The monoisotopic (exact) mass is 298 g/mol. The fourth-order valence-corrected chi connectivity index (χ4v) is 3.64. The second kappa shape index (κ2) is 5.21. The largest absolute Gasteiger partial charge is 0.346 e. The van der Waals surface area contributed by atoms with Gasteiger partial charge < -0.3 is 10.2 Å². The van der Waals surface area contributed by atoms with Gasteiger partial charge in [0, 0.05) is 23.5 Å². The van der Waals surface area contributed by atoms with Crippen molar-refractivity contribution in [3.8, 4) is 0 Å². The molecule has 1 aromatic heterocycles. The Bertz CT molecular complexity index is 731. The lowest BCUT2D eigenvalue weighted by atomic mass is 9.84. The van der Waals surface area contributed by atoms with Crippen LogP contribution in [0.3, 0.4) is 0 Å². The van der Waals surface area contributed by atoms with Crippen LogP contribution in [0.2, 0.25) is 0 Å². The van der Waals surface area contributed by atoms with Crippen LogP contribution in [0.4, 0.5) is 0 Å². The summed E-state index contributed by atoms with van der Waals surface area (Å²) in [6.07, 6.45) is 3.09. The van der Waals surface area contributed by atoms with Gasteiger partial charge in [0.05, 0.1) is 5.52 Å². The Hall–Kier alpha value is -2.21. The van der Waals surface area contributed by atoms with Gasteiger partial charge in [0.1, 0.15) is 6.29 Å². The number of piperidine rings is 3. The maximum Gasteiger partial charge on any atom is 0.272 e. The molecule has 1 aromatic carbocycles. The molecule has 4 heterocycles. The van der Waals surface area contributed by atoms with Crippen molar-refractivity contribution in [1.29, 1.82) is 0 Å². The van der Waals surface area contributed by atoms with E-state index in [9.17, 15) is 9.59 Å². The molecule has 3 aliphatic rings. The average Bonchev–Trinajstić information content (AvgIpc) is 2.99. The first-order chi connectivity index (χ1) is 10.7. The highest BCUT2D eigenvalue weighted by Crippen LogP contribution is 2.28. The number of nitrogens with zero attached hydrogens (tertiary/aromatic N) is 2. The number of carbonyl (C=O) groups excluding carboxylic acids is 2. The third-order valence-corrected chi connectivity index (χ3v) is 4.91. The van der Waals surface area contributed by atoms with Crippen molar-refractivity contribution in [2.75, 3.05) is 19.6 Å². The predicted molar refractivity (Wildman–Crippen MR) is 81.9 cm³/mol. The molecule has 114 valence electrons. The summed E-state index contributed by atoms with van der Waals surface area (Å²) in [4.78, 5) is 25.9. The van der Waals surface area contributed by atoms with Crippen LogP contribution in [0.25, 0.3) is 10.9 Å². The third-order valence-electron chi connectivity index (χ3n) is 4.91. The molecule has 2 N–H and O–H groups in total. The lowest BCUT2D eigenvalue weighted by Gasteiger charge is -2.44. The molecule has 0 aliphatic carbocycles. The van der Waals surface area contributed by atoms with E-state index < -0.39 is 0 Å². The van der Waals surface area contributed by atoms with Gasteiger partial charge in [-0.15, -0.1) is 0 Å². The number of aromatic amines is 1. The van der Waals surface area contributed by atoms with E-state index in [-0.39, 0.29) is 11.9 Å². The molecule has 22 heavy (non-hydrogen) atoms. The highest BCUT2D eigenvalue weighted by molar-refractivity contribution is 6.05. The molecule has 0 saturated carbocycles. The minimum atomic E-state index is -0.159. The second-order valence-electron chi connectivity index (χ2n) is 6.21. The first kappa shape index (κ1) is 13.5. The summed E-state index contributed by atoms with van der Waals surface area (Å²) in [6, 6.07) is 5.40. The zero-order chi connectivity index (χ0) is 15.1. The number of nitrogens with one attached hydrogen (secondary N) is 2. The van der Waals surface area contributed by atoms with E-state index in [0.29, 0.717) is 22.6 Å².